The first-order chi connectivity index (χ1) is 13.6. The molecule has 144 valence electrons. The molecule has 0 radical (unpaired) electrons. The lowest BCUT2D eigenvalue weighted by Crippen LogP contribution is -2.40. The Morgan fingerprint density at radius 1 is 1.11 bits per heavy atom. The van der Waals surface area contributed by atoms with E-state index >= 15 is 0 Å². The summed E-state index contributed by atoms with van der Waals surface area (Å²) < 4.78 is 7.38. The number of aromatic nitrogens is 2. The number of hydrazine groups is 2. The van der Waals surface area contributed by atoms with Crippen LogP contribution in [0.25, 0.3) is 5.69 Å². The predicted octanol–water partition coefficient (Wildman–Crippen LogP) is 4.04. The minimum Gasteiger partial charge on any atom is -0.497 e. The van der Waals surface area contributed by atoms with Gasteiger partial charge in [-0.2, -0.15) is 0 Å². The number of para-hydroxylation sites is 1. The average molecular weight is 435 g/mol. The molecule has 0 unspecified atom stereocenters. The third-order valence-electron chi connectivity index (χ3n) is 4.28. The zero-order valence-corrected chi connectivity index (χ0v) is 17.1. The summed E-state index contributed by atoms with van der Waals surface area (Å²) in [5.41, 5.74) is 8.20. The quantitative estimate of drug-likeness (QED) is 0.528. The number of hydrogen-bond donors (Lipinski definition) is 3. The van der Waals surface area contributed by atoms with Gasteiger partial charge in [-0.15, -0.1) is 10.6 Å². The third-order valence-corrected chi connectivity index (χ3v) is 5.29. The first-order valence-electron chi connectivity index (χ1n) is 8.32. The number of hydrazone groups is 1. The van der Waals surface area contributed by atoms with Crippen molar-refractivity contribution >= 4 is 41.3 Å². The molecule has 0 bridgehead atoms. The molecule has 2 aromatic carbocycles. The van der Waals surface area contributed by atoms with Crippen LogP contribution >= 0.6 is 35.4 Å². The van der Waals surface area contributed by atoms with E-state index in [2.05, 4.69) is 21.3 Å². The third kappa shape index (κ3) is 3.47. The summed E-state index contributed by atoms with van der Waals surface area (Å²) in [7, 11) is 1.64. The Morgan fingerprint density at radius 3 is 2.50 bits per heavy atom. The second-order valence-corrected chi connectivity index (χ2v) is 7.19. The average Bonchev–Trinajstić information content (AvgIpc) is 3.29. The molecule has 0 atom stereocenters. The Bertz CT molecular complexity index is 1070. The molecule has 3 N–H and O–H groups in total. The largest absolute Gasteiger partial charge is 0.497 e. The molecular formula is C18H16Cl2N6OS. The fourth-order valence-electron chi connectivity index (χ4n) is 2.88. The summed E-state index contributed by atoms with van der Waals surface area (Å²) >= 11 is 18.3. The standard InChI is InChI=1S/C18H16Cl2N6OS/c1-27-12-7-5-11(6-8-12)10-25-17(22-23-24-25)13-9-21-26(18(13)28)16-14(19)3-2-4-15(16)20/h2-9,21,23-24H,10H2,1H3. The summed E-state index contributed by atoms with van der Waals surface area (Å²) in [5.74, 6) is 1.46. The zero-order valence-electron chi connectivity index (χ0n) is 14.7. The van der Waals surface area contributed by atoms with Gasteiger partial charge in [-0.05, 0) is 29.8 Å². The topological polar surface area (TPSA) is 69.6 Å². The Hall–Kier alpha value is -2.52. The minimum atomic E-state index is 0.497. The molecule has 3 aromatic rings. The van der Waals surface area contributed by atoms with E-state index < -0.39 is 0 Å². The summed E-state index contributed by atoms with van der Waals surface area (Å²) in [6, 6.07) is 13.1. The number of aromatic amines is 1. The highest BCUT2D eigenvalue weighted by molar-refractivity contribution is 7.71. The van der Waals surface area contributed by atoms with Crippen molar-refractivity contribution in [3.63, 3.8) is 0 Å². The predicted molar refractivity (Wildman–Crippen MR) is 112 cm³/mol. The Balaban J connectivity index is 1.63. The van der Waals surface area contributed by atoms with E-state index in [9.17, 15) is 0 Å². The van der Waals surface area contributed by atoms with Gasteiger partial charge in [0.05, 0.1) is 29.3 Å². The van der Waals surface area contributed by atoms with Gasteiger partial charge in [0.2, 0.25) is 0 Å². The highest BCUT2D eigenvalue weighted by Crippen LogP contribution is 2.29. The van der Waals surface area contributed by atoms with E-state index in [1.807, 2.05) is 29.3 Å². The Kier molecular flexibility index (Phi) is 5.27. The molecule has 0 amide bonds. The summed E-state index contributed by atoms with van der Waals surface area (Å²) in [4.78, 5) is 0. The van der Waals surface area contributed by atoms with Crippen molar-refractivity contribution in [1.29, 1.82) is 0 Å². The second-order valence-electron chi connectivity index (χ2n) is 5.99. The number of amidine groups is 1. The highest BCUT2D eigenvalue weighted by atomic mass is 35.5. The van der Waals surface area contributed by atoms with Crippen LogP contribution in [-0.4, -0.2) is 27.7 Å². The Morgan fingerprint density at radius 2 is 1.82 bits per heavy atom. The molecule has 10 heteroatoms. The first-order valence-corrected chi connectivity index (χ1v) is 9.49. The van der Waals surface area contributed by atoms with Gasteiger partial charge in [0.15, 0.2) is 5.84 Å². The van der Waals surface area contributed by atoms with Crippen LogP contribution in [0.1, 0.15) is 11.1 Å². The van der Waals surface area contributed by atoms with E-state index in [-0.39, 0.29) is 0 Å². The minimum absolute atomic E-state index is 0.497. The fourth-order valence-corrected chi connectivity index (χ4v) is 3.74. The first kappa shape index (κ1) is 18.8. The number of ether oxygens (including phenoxy) is 1. The van der Waals surface area contributed by atoms with Crippen molar-refractivity contribution < 1.29 is 4.74 Å². The van der Waals surface area contributed by atoms with E-state index in [4.69, 9.17) is 40.2 Å². The van der Waals surface area contributed by atoms with Gasteiger partial charge in [-0.1, -0.05) is 53.6 Å². The van der Waals surface area contributed by atoms with Crippen molar-refractivity contribution in [3.8, 4) is 11.4 Å². The number of benzene rings is 2. The number of rotatable bonds is 5. The van der Waals surface area contributed by atoms with Crippen LogP contribution in [0.2, 0.25) is 10.0 Å². The molecule has 4 rings (SSSR count). The van der Waals surface area contributed by atoms with Gasteiger partial charge in [0.1, 0.15) is 16.1 Å². The van der Waals surface area contributed by atoms with Crippen molar-refractivity contribution in [1.82, 2.24) is 25.9 Å². The summed E-state index contributed by atoms with van der Waals surface area (Å²) in [5, 5.41) is 10.3. The van der Waals surface area contributed by atoms with Crippen molar-refractivity contribution in [2.75, 3.05) is 7.11 Å². The number of halogens is 2. The lowest BCUT2D eigenvalue weighted by atomic mass is 10.2. The van der Waals surface area contributed by atoms with Crippen LogP contribution in [-0.2, 0) is 6.54 Å². The monoisotopic (exact) mass is 434 g/mol. The lowest BCUT2D eigenvalue weighted by molar-refractivity contribution is 0.288. The molecule has 1 aromatic heterocycles. The van der Waals surface area contributed by atoms with Gasteiger partial charge in [-0.3, -0.25) is 10.1 Å². The molecule has 2 heterocycles. The van der Waals surface area contributed by atoms with E-state index in [0.717, 1.165) is 16.9 Å². The molecule has 1 aliphatic rings. The molecule has 7 nitrogen and oxygen atoms in total. The number of H-pyrrole nitrogens is 1. The Labute approximate surface area is 176 Å². The van der Waals surface area contributed by atoms with Gasteiger partial charge >= 0.3 is 0 Å². The fraction of sp³-hybridized carbons (Fsp3) is 0.111. The van der Waals surface area contributed by atoms with Crippen LogP contribution in [0.5, 0.6) is 5.75 Å². The molecule has 0 fully saturated rings. The van der Waals surface area contributed by atoms with Gasteiger partial charge < -0.3 is 4.74 Å². The molecule has 1 aliphatic heterocycles. The maximum atomic E-state index is 6.32. The van der Waals surface area contributed by atoms with Gasteiger partial charge in [-0.25, -0.2) is 10.2 Å². The highest BCUT2D eigenvalue weighted by Gasteiger charge is 2.23. The van der Waals surface area contributed by atoms with Crippen LogP contribution in [0, 0.1) is 4.64 Å². The second kappa shape index (κ2) is 7.84. The summed E-state index contributed by atoms with van der Waals surface area (Å²) in [6.07, 6.45) is 1.77. The number of methoxy groups -OCH3 is 1. The zero-order chi connectivity index (χ0) is 19.7. The molecule has 0 spiro atoms. The van der Waals surface area contributed by atoms with Gasteiger partial charge in [0.25, 0.3) is 0 Å². The van der Waals surface area contributed by atoms with Crippen LogP contribution in [0.3, 0.4) is 0 Å². The molecule has 28 heavy (non-hydrogen) atoms. The molecular weight excluding hydrogens is 419 g/mol. The van der Waals surface area contributed by atoms with Crippen molar-refractivity contribution in [2.45, 2.75) is 6.54 Å². The normalized spacial score (nSPS) is 13.4. The maximum Gasteiger partial charge on any atom is 0.177 e. The number of hydrogen-bond acceptors (Lipinski definition) is 6. The van der Waals surface area contributed by atoms with Crippen LogP contribution < -0.4 is 15.8 Å². The lowest BCUT2D eigenvalue weighted by Gasteiger charge is -2.18. The van der Waals surface area contributed by atoms with Crippen LogP contribution in [0.4, 0.5) is 0 Å². The molecule has 0 aliphatic carbocycles. The summed E-state index contributed by atoms with van der Waals surface area (Å²) in [6.45, 7) is 0.572. The SMILES string of the molecule is COc1ccc(CN2NNN=C2c2c[nH]n(-c3c(Cl)cccc3Cl)c2=S)cc1. The maximum absolute atomic E-state index is 6.32. The molecule has 0 saturated carbocycles. The van der Waals surface area contributed by atoms with E-state index in [1.54, 1.807) is 36.2 Å². The van der Waals surface area contributed by atoms with Gasteiger partial charge in [0, 0.05) is 6.20 Å². The van der Waals surface area contributed by atoms with E-state index in [1.165, 1.54) is 0 Å². The van der Waals surface area contributed by atoms with Crippen molar-refractivity contribution in [2.24, 2.45) is 5.10 Å². The van der Waals surface area contributed by atoms with Crippen molar-refractivity contribution in [3.05, 3.63) is 74.5 Å². The van der Waals surface area contributed by atoms with Crippen LogP contribution in [0.15, 0.2) is 53.8 Å². The van der Waals surface area contributed by atoms with E-state index in [0.29, 0.717) is 32.8 Å². The molecule has 0 saturated heterocycles. The number of nitrogens with zero attached hydrogens (tertiary/aromatic N) is 3. The number of nitrogens with one attached hydrogen (secondary N) is 3. The smallest absolute Gasteiger partial charge is 0.177 e.